The van der Waals surface area contributed by atoms with Crippen LogP contribution in [0.25, 0.3) is 10.9 Å². The molecule has 0 spiro atoms. The van der Waals surface area contributed by atoms with Crippen LogP contribution in [0.5, 0.6) is 0 Å². The Balaban J connectivity index is 2.95. The molecule has 0 atom stereocenters. The van der Waals surface area contributed by atoms with Crippen molar-refractivity contribution in [1.82, 2.24) is 4.98 Å². The Labute approximate surface area is 79.9 Å². The van der Waals surface area contributed by atoms with Gasteiger partial charge in [0.25, 0.3) is 16.3 Å². The van der Waals surface area contributed by atoms with Gasteiger partial charge in [-0.2, -0.15) is 0 Å². The van der Waals surface area contributed by atoms with E-state index in [1.54, 1.807) is 0 Å². The summed E-state index contributed by atoms with van der Waals surface area (Å²) >= 11 is 1.07. The highest BCUT2D eigenvalue weighted by atomic mass is 27.0. The Morgan fingerprint density at radius 3 is 2.83 bits per heavy atom. The van der Waals surface area contributed by atoms with Gasteiger partial charge in [-0.15, -0.1) is 0 Å². The maximum absolute atomic E-state index is 4.38. The first kappa shape index (κ1) is 7.79. The van der Waals surface area contributed by atoms with Gasteiger partial charge in [-0.25, -0.2) is 0 Å². The molecule has 0 aliphatic carbocycles. The topological polar surface area (TPSA) is 12.9 Å². The summed E-state index contributed by atoms with van der Waals surface area (Å²) in [4.78, 5) is 4.38. The Morgan fingerprint density at radius 1 is 1.25 bits per heavy atom. The van der Waals surface area contributed by atoms with Crippen molar-refractivity contribution in [2.45, 2.75) is 6.92 Å². The van der Waals surface area contributed by atoms with Crippen LogP contribution in [0.1, 0.15) is 5.56 Å². The van der Waals surface area contributed by atoms with E-state index >= 15 is 0 Å². The van der Waals surface area contributed by atoms with Gasteiger partial charge >= 0.3 is 0 Å². The van der Waals surface area contributed by atoms with Gasteiger partial charge in [-0.05, 0) is 18.6 Å². The van der Waals surface area contributed by atoms with Crippen molar-refractivity contribution < 1.29 is 0 Å². The highest BCUT2D eigenvalue weighted by Crippen LogP contribution is 2.12. The molecule has 0 aliphatic heterocycles. The van der Waals surface area contributed by atoms with Crippen LogP contribution in [-0.4, -0.2) is 21.3 Å². The average molecular weight is 171 g/mol. The van der Waals surface area contributed by atoms with Gasteiger partial charge in [0, 0.05) is 11.6 Å². The number of pyridine rings is 1. The minimum absolute atomic E-state index is 1.07. The lowest BCUT2D eigenvalue weighted by atomic mass is 10.1. The van der Waals surface area contributed by atoms with Gasteiger partial charge in [0.1, 0.15) is 0 Å². The minimum Gasteiger partial charge on any atom is -0.258 e. The normalized spacial score (nSPS) is 10.4. The third-order valence-corrected chi connectivity index (χ3v) is 3.00. The molecule has 0 aliphatic rings. The molecule has 0 N–H and O–H groups in total. The molecule has 0 radical (unpaired) electrons. The first-order valence-corrected chi connectivity index (χ1v) is 5.10. The monoisotopic (exact) mass is 171 g/mol. The summed E-state index contributed by atoms with van der Waals surface area (Å²) in [7, 11) is 0. The molecule has 2 aromatic rings. The summed E-state index contributed by atoms with van der Waals surface area (Å²) in [6.45, 7) is 2.13. The number of aromatic nitrogens is 1. The third-order valence-electron chi connectivity index (χ3n) is 2.19. The van der Waals surface area contributed by atoms with Crippen molar-refractivity contribution in [2.24, 2.45) is 0 Å². The summed E-state index contributed by atoms with van der Waals surface area (Å²) in [5.41, 5.74) is 2.50. The van der Waals surface area contributed by atoms with Crippen molar-refractivity contribution >= 4 is 31.6 Å². The molecule has 2 heteroatoms. The number of benzene rings is 1. The van der Waals surface area contributed by atoms with Crippen molar-refractivity contribution in [3.8, 4) is 0 Å². The van der Waals surface area contributed by atoms with Crippen molar-refractivity contribution in [3.05, 3.63) is 36.0 Å². The fraction of sp³-hybridized carbons (Fsp3) is 0.100. The Hall–Kier alpha value is -0.838. The summed E-state index contributed by atoms with van der Waals surface area (Å²) in [5, 5.41) is 1.30. The molecular weight excluding hydrogens is 161 g/mol. The van der Waals surface area contributed by atoms with Crippen LogP contribution in [0.15, 0.2) is 30.5 Å². The van der Waals surface area contributed by atoms with Gasteiger partial charge in [0.05, 0.1) is 5.52 Å². The summed E-state index contributed by atoms with van der Waals surface area (Å²) in [6.07, 6.45) is 1.86. The maximum atomic E-state index is 4.38. The molecule has 1 nitrogen and oxygen atoms in total. The lowest BCUT2D eigenvalue weighted by molar-refractivity contribution is 1.40. The molecule has 0 bridgehead atoms. The second-order valence-electron chi connectivity index (χ2n) is 3.10. The van der Waals surface area contributed by atoms with Crippen LogP contribution in [0, 0.1) is 6.92 Å². The number of rotatable bonds is 0. The zero-order chi connectivity index (χ0) is 8.55. The van der Waals surface area contributed by atoms with Crippen molar-refractivity contribution in [2.75, 3.05) is 0 Å². The van der Waals surface area contributed by atoms with Crippen LogP contribution in [0.3, 0.4) is 0 Å². The zero-order valence-corrected chi connectivity index (χ0v) is 9.33. The molecule has 0 unspecified atom stereocenters. The second kappa shape index (κ2) is 2.90. The fourth-order valence-corrected chi connectivity index (χ4v) is 2.02. The largest absolute Gasteiger partial charge is 0.262 e. The molecule has 1 aromatic heterocycles. The predicted octanol–water partition coefficient (Wildman–Crippen LogP) is 0.802. The third kappa shape index (κ3) is 1.14. The van der Waals surface area contributed by atoms with Gasteiger partial charge in [-0.3, -0.25) is 4.98 Å². The number of nitrogens with zero attached hydrogens (tertiary/aromatic N) is 1. The van der Waals surface area contributed by atoms with Crippen LogP contribution >= 0.6 is 0 Å². The van der Waals surface area contributed by atoms with E-state index in [9.17, 15) is 0 Å². The van der Waals surface area contributed by atoms with Gasteiger partial charge < -0.3 is 0 Å². The molecule has 0 amide bonds. The molecule has 1 aromatic carbocycles. The van der Waals surface area contributed by atoms with Gasteiger partial charge in [0.2, 0.25) is 0 Å². The van der Waals surface area contributed by atoms with Crippen molar-refractivity contribution in [1.29, 1.82) is 0 Å². The molecular formula is C10H10AlN. The highest BCUT2D eigenvalue weighted by Gasteiger charge is 1.98. The Kier molecular flexibility index (Phi) is 1.88. The van der Waals surface area contributed by atoms with Gasteiger partial charge in [0.15, 0.2) is 0 Å². The SMILES string of the molecule is Cc1cc[c]([AlH2])c2ncccc12. The van der Waals surface area contributed by atoms with E-state index in [0.29, 0.717) is 0 Å². The highest BCUT2D eigenvalue weighted by molar-refractivity contribution is 6.38. The maximum Gasteiger partial charge on any atom is 0.262 e. The first-order valence-electron chi connectivity index (χ1n) is 4.10. The molecule has 58 valence electrons. The molecule has 0 saturated heterocycles. The van der Waals surface area contributed by atoms with E-state index in [4.69, 9.17) is 0 Å². The second-order valence-corrected chi connectivity index (χ2v) is 4.18. The van der Waals surface area contributed by atoms with Crippen LogP contribution in [0.2, 0.25) is 0 Å². The molecule has 2 rings (SSSR count). The number of fused-ring (bicyclic) bond motifs is 1. The summed E-state index contributed by atoms with van der Waals surface area (Å²) in [5.74, 6) is 0. The van der Waals surface area contributed by atoms with E-state index in [1.807, 2.05) is 12.3 Å². The zero-order valence-electron chi connectivity index (χ0n) is 7.33. The van der Waals surface area contributed by atoms with E-state index in [0.717, 1.165) is 16.3 Å². The van der Waals surface area contributed by atoms with E-state index in [2.05, 4.69) is 30.1 Å². The Bertz CT molecular complexity index is 383. The van der Waals surface area contributed by atoms with Crippen LogP contribution in [0.4, 0.5) is 0 Å². The minimum atomic E-state index is 1.07. The van der Waals surface area contributed by atoms with E-state index < -0.39 is 0 Å². The first-order chi connectivity index (χ1) is 5.79. The summed E-state index contributed by atoms with van der Waals surface area (Å²) < 4.78 is 1.39. The molecule has 12 heavy (non-hydrogen) atoms. The lowest BCUT2D eigenvalue weighted by Crippen LogP contribution is -2.05. The molecule has 0 saturated carbocycles. The molecule has 1 heterocycles. The lowest BCUT2D eigenvalue weighted by Gasteiger charge is -2.03. The number of aryl methyl sites for hydroxylation is 1. The van der Waals surface area contributed by atoms with Crippen LogP contribution in [-0.2, 0) is 0 Å². The van der Waals surface area contributed by atoms with Crippen molar-refractivity contribution in [3.63, 3.8) is 0 Å². The Morgan fingerprint density at radius 2 is 2.08 bits per heavy atom. The number of hydrogen-bond acceptors (Lipinski definition) is 1. The quantitative estimate of drug-likeness (QED) is 0.534. The van der Waals surface area contributed by atoms with E-state index in [-0.39, 0.29) is 0 Å². The smallest absolute Gasteiger partial charge is 0.258 e. The standard InChI is InChI=1S/C10H8N.Al.2H/c1-8-4-2-6-10-9(8)5-3-7-11-10;;;/h2-5,7H,1H3;;;. The molecule has 0 fully saturated rings. The fourth-order valence-electron chi connectivity index (χ4n) is 1.46. The summed E-state index contributed by atoms with van der Waals surface area (Å²) in [6, 6.07) is 8.48. The van der Waals surface area contributed by atoms with Gasteiger partial charge in [-0.1, -0.05) is 22.6 Å². The predicted molar refractivity (Wildman–Crippen MR) is 54.7 cm³/mol. The number of hydrogen-bond donors (Lipinski definition) is 0. The van der Waals surface area contributed by atoms with Crippen LogP contribution < -0.4 is 4.43 Å². The van der Waals surface area contributed by atoms with E-state index in [1.165, 1.54) is 20.9 Å². The average Bonchev–Trinajstić information content (AvgIpc) is 2.12.